The van der Waals surface area contributed by atoms with Gasteiger partial charge in [-0.25, -0.2) is 4.68 Å². The Morgan fingerprint density at radius 2 is 1.65 bits per heavy atom. The topological polar surface area (TPSA) is 36.2 Å². The van der Waals surface area contributed by atoms with Crippen LogP contribution in [0.1, 0.15) is 49.3 Å². The summed E-state index contributed by atoms with van der Waals surface area (Å²) in [5.74, 6) is 0.803. The Kier molecular flexibility index (Phi) is 5.37. The minimum Gasteiger partial charge on any atom is -0.489 e. The summed E-state index contributed by atoms with van der Waals surface area (Å²) in [7, 11) is 0. The molecule has 0 aliphatic heterocycles. The molecule has 3 aromatic carbocycles. The van der Waals surface area contributed by atoms with Gasteiger partial charge in [0.25, 0.3) is 5.56 Å². The molecule has 4 heteroatoms. The number of benzene rings is 3. The lowest BCUT2D eigenvalue weighted by molar-refractivity contribution is 0.305. The van der Waals surface area contributed by atoms with Gasteiger partial charge in [0.15, 0.2) is 0 Å². The monoisotopic (exact) mass is 412 g/mol. The van der Waals surface area contributed by atoms with Gasteiger partial charge in [0.2, 0.25) is 0 Å². The zero-order valence-corrected chi connectivity index (χ0v) is 18.0. The maximum Gasteiger partial charge on any atom is 0.279 e. The molecule has 4 nitrogen and oxygen atoms in total. The molecule has 1 aromatic heterocycles. The van der Waals surface area contributed by atoms with Crippen LogP contribution in [0.2, 0.25) is 0 Å². The fraction of sp³-hybridized carbons (Fsp3) is 0.296. The summed E-state index contributed by atoms with van der Waals surface area (Å²) < 4.78 is 10.1. The van der Waals surface area contributed by atoms with E-state index in [1.54, 1.807) is 0 Å². The van der Waals surface area contributed by atoms with Crippen molar-refractivity contribution in [2.75, 3.05) is 0 Å². The number of hydrogen-bond acceptors (Lipinski definition) is 2. The summed E-state index contributed by atoms with van der Waals surface area (Å²) in [6, 6.07) is 24.6. The number of fused-ring (bicyclic) bond motifs is 1. The second-order valence-corrected chi connectivity index (χ2v) is 8.54. The van der Waals surface area contributed by atoms with E-state index in [9.17, 15) is 4.79 Å². The van der Waals surface area contributed by atoms with E-state index in [-0.39, 0.29) is 5.56 Å². The standard InChI is InChI=1S/C27H28N2O2/c1-20-12-17-26-25(18-20)27(30)29(28(26)22-10-6-3-7-11-22)23-13-15-24(16-14-23)31-19-21-8-4-2-5-9-21/h2,4-5,8-9,12-18,22H,3,6-7,10-11,19H2,1H3. The van der Waals surface area contributed by atoms with Gasteiger partial charge >= 0.3 is 0 Å². The van der Waals surface area contributed by atoms with Crippen molar-refractivity contribution < 1.29 is 4.74 Å². The number of aromatic nitrogens is 2. The van der Waals surface area contributed by atoms with Gasteiger partial charge in [0.1, 0.15) is 12.4 Å². The summed E-state index contributed by atoms with van der Waals surface area (Å²) in [6.07, 6.45) is 5.96. The number of hydrogen-bond donors (Lipinski definition) is 0. The summed E-state index contributed by atoms with van der Waals surface area (Å²) in [5, 5.41) is 0.801. The number of rotatable bonds is 5. The lowest BCUT2D eigenvalue weighted by Crippen LogP contribution is -2.25. The fourth-order valence-electron chi connectivity index (χ4n) is 4.69. The average molecular weight is 413 g/mol. The molecule has 0 spiro atoms. The smallest absolute Gasteiger partial charge is 0.279 e. The van der Waals surface area contributed by atoms with Gasteiger partial charge in [-0.3, -0.25) is 9.48 Å². The van der Waals surface area contributed by atoms with Gasteiger partial charge in [0, 0.05) is 0 Å². The Morgan fingerprint density at radius 1 is 0.903 bits per heavy atom. The molecule has 0 bridgehead atoms. The first-order valence-electron chi connectivity index (χ1n) is 11.2. The second kappa shape index (κ2) is 8.46. The first-order valence-corrected chi connectivity index (χ1v) is 11.2. The van der Waals surface area contributed by atoms with Crippen molar-refractivity contribution in [2.45, 2.75) is 51.7 Å². The highest BCUT2D eigenvalue weighted by atomic mass is 16.5. The van der Waals surface area contributed by atoms with Crippen molar-refractivity contribution in [3.05, 3.63) is 94.3 Å². The van der Waals surface area contributed by atoms with Gasteiger partial charge in [0.05, 0.1) is 22.6 Å². The van der Waals surface area contributed by atoms with Crippen LogP contribution in [0.4, 0.5) is 0 Å². The Labute approximate surface area is 182 Å². The van der Waals surface area contributed by atoms with Gasteiger partial charge < -0.3 is 4.74 Å². The highest BCUT2D eigenvalue weighted by Crippen LogP contribution is 2.32. The second-order valence-electron chi connectivity index (χ2n) is 8.54. The maximum absolute atomic E-state index is 13.5. The van der Waals surface area contributed by atoms with Gasteiger partial charge in [-0.15, -0.1) is 0 Å². The van der Waals surface area contributed by atoms with Crippen molar-refractivity contribution in [3.63, 3.8) is 0 Å². The van der Waals surface area contributed by atoms with Crippen LogP contribution in [0, 0.1) is 6.92 Å². The summed E-state index contributed by atoms with van der Waals surface area (Å²) in [4.78, 5) is 13.5. The molecule has 5 rings (SSSR count). The van der Waals surface area contributed by atoms with Crippen LogP contribution in [-0.2, 0) is 6.61 Å². The first kappa shape index (κ1) is 19.7. The van der Waals surface area contributed by atoms with E-state index >= 15 is 0 Å². The first-order chi connectivity index (χ1) is 15.2. The van der Waals surface area contributed by atoms with Crippen molar-refractivity contribution in [1.82, 2.24) is 9.36 Å². The summed E-state index contributed by atoms with van der Waals surface area (Å²) in [5.41, 5.74) is 4.23. The Balaban J connectivity index is 1.51. The molecule has 1 aliphatic rings. The molecule has 0 N–H and O–H groups in total. The van der Waals surface area contributed by atoms with E-state index in [0.29, 0.717) is 12.6 Å². The lowest BCUT2D eigenvalue weighted by Gasteiger charge is -2.26. The van der Waals surface area contributed by atoms with Crippen molar-refractivity contribution >= 4 is 10.9 Å². The molecular weight excluding hydrogens is 384 g/mol. The molecule has 0 radical (unpaired) electrons. The van der Waals surface area contributed by atoms with E-state index in [1.165, 1.54) is 19.3 Å². The molecule has 1 heterocycles. The fourth-order valence-corrected chi connectivity index (χ4v) is 4.69. The summed E-state index contributed by atoms with van der Waals surface area (Å²) in [6.45, 7) is 2.57. The molecule has 158 valence electrons. The largest absolute Gasteiger partial charge is 0.489 e. The number of ether oxygens (including phenoxy) is 1. The number of aryl methyl sites for hydroxylation is 1. The Morgan fingerprint density at radius 3 is 2.39 bits per heavy atom. The van der Waals surface area contributed by atoms with E-state index in [2.05, 4.69) is 28.9 Å². The quantitative estimate of drug-likeness (QED) is 0.392. The van der Waals surface area contributed by atoms with E-state index in [0.717, 1.165) is 46.3 Å². The highest BCUT2D eigenvalue weighted by Gasteiger charge is 2.23. The minimum absolute atomic E-state index is 0.0576. The average Bonchev–Trinajstić information content (AvgIpc) is 3.11. The third-order valence-electron chi connectivity index (χ3n) is 6.29. The van der Waals surface area contributed by atoms with E-state index in [4.69, 9.17) is 4.74 Å². The van der Waals surface area contributed by atoms with Crippen molar-refractivity contribution in [2.24, 2.45) is 0 Å². The Hall–Kier alpha value is -3.27. The SMILES string of the molecule is Cc1ccc2c(c1)c(=O)n(-c1ccc(OCc3ccccc3)cc1)n2C1CCCCC1. The van der Waals surface area contributed by atoms with Crippen LogP contribution in [0.5, 0.6) is 5.75 Å². The molecule has 0 atom stereocenters. The number of nitrogens with zero attached hydrogens (tertiary/aromatic N) is 2. The van der Waals surface area contributed by atoms with E-state index < -0.39 is 0 Å². The van der Waals surface area contributed by atoms with Crippen LogP contribution in [-0.4, -0.2) is 9.36 Å². The third-order valence-corrected chi connectivity index (χ3v) is 6.29. The molecule has 0 amide bonds. The minimum atomic E-state index is 0.0576. The van der Waals surface area contributed by atoms with Crippen molar-refractivity contribution in [1.29, 1.82) is 0 Å². The van der Waals surface area contributed by atoms with Crippen molar-refractivity contribution in [3.8, 4) is 11.4 Å². The van der Waals surface area contributed by atoms with Gasteiger partial charge in [-0.05, 0) is 61.7 Å². The maximum atomic E-state index is 13.5. The predicted octanol–water partition coefficient (Wildman–Crippen LogP) is 6.18. The molecule has 1 fully saturated rings. The lowest BCUT2D eigenvalue weighted by atomic mass is 9.95. The van der Waals surface area contributed by atoms with Crippen LogP contribution in [0.3, 0.4) is 0 Å². The highest BCUT2D eigenvalue weighted by molar-refractivity contribution is 5.80. The zero-order chi connectivity index (χ0) is 21.2. The van der Waals surface area contributed by atoms with Crippen LogP contribution in [0.15, 0.2) is 77.6 Å². The molecule has 1 aliphatic carbocycles. The van der Waals surface area contributed by atoms with Crippen LogP contribution < -0.4 is 10.3 Å². The van der Waals surface area contributed by atoms with Crippen LogP contribution >= 0.6 is 0 Å². The van der Waals surface area contributed by atoms with Crippen LogP contribution in [0.25, 0.3) is 16.6 Å². The predicted molar refractivity (Wildman–Crippen MR) is 125 cm³/mol. The molecule has 4 aromatic rings. The zero-order valence-electron chi connectivity index (χ0n) is 18.0. The summed E-state index contributed by atoms with van der Waals surface area (Å²) >= 11 is 0. The molecule has 0 saturated heterocycles. The normalized spacial score (nSPS) is 14.7. The third kappa shape index (κ3) is 3.90. The van der Waals surface area contributed by atoms with Gasteiger partial charge in [-0.1, -0.05) is 61.2 Å². The van der Waals surface area contributed by atoms with E-state index in [1.807, 2.05) is 60.1 Å². The van der Waals surface area contributed by atoms with Gasteiger partial charge in [-0.2, -0.15) is 0 Å². The molecule has 0 unspecified atom stereocenters. The molecule has 1 saturated carbocycles. The Bertz CT molecular complexity index is 1230. The molecular formula is C27H28N2O2. The molecule has 31 heavy (non-hydrogen) atoms.